The maximum atomic E-state index is 11.6. The van der Waals surface area contributed by atoms with Crippen LogP contribution in [0.3, 0.4) is 0 Å². The number of carboxylic acids is 1. The van der Waals surface area contributed by atoms with Gasteiger partial charge in [-0.3, -0.25) is 9.59 Å². The van der Waals surface area contributed by atoms with Crippen molar-refractivity contribution in [2.24, 2.45) is 0 Å². The van der Waals surface area contributed by atoms with Crippen molar-refractivity contribution in [1.29, 1.82) is 0 Å². The maximum Gasteiger partial charge on any atom is 0.305 e. The molecule has 0 heterocycles. The van der Waals surface area contributed by atoms with Gasteiger partial charge >= 0.3 is 5.97 Å². The lowest BCUT2D eigenvalue weighted by molar-refractivity contribution is -0.137. The molecule has 1 rings (SSSR count). The highest BCUT2D eigenvalue weighted by Crippen LogP contribution is 2.19. The van der Waals surface area contributed by atoms with Gasteiger partial charge < -0.3 is 15.2 Å². The van der Waals surface area contributed by atoms with Crippen LogP contribution in [0.25, 0.3) is 0 Å². The number of hydrogen-bond acceptors (Lipinski definition) is 3. The van der Waals surface area contributed by atoms with Crippen LogP contribution in [-0.4, -0.2) is 29.6 Å². The number of hydrogen-bond donors (Lipinski definition) is 2. The van der Waals surface area contributed by atoms with Crippen molar-refractivity contribution in [3.05, 3.63) is 29.8 Å². The lowest BCUT2D eigenvalue weighted by Crippen LogP contribution is -2.37. The molecule has 0 aliphatic carbocycles. The zero-order chi connectivity index (χ0) is 15.1. The first-order valence-electron chi connectivity index (χ1n) is 6.62. The Kier molecular flexibility index (Phi) is 6.03. The highest BCUT2D eigenvalue weighted by Gasteiger charge is 2.11. The van der Waals surface area contributed by atoms with Crippen LogP contribution < -0.4 is 10.1 Å². The van der Waals surface area contributed by atoms with Crippen LogP contribution in [0.2, 0.25) is 0 Å². The summed E-state index contributed by atoms with van der Waals surface area (Å²) < 4.78 is 5.41. The molecule has 0 radical (unpaired) electrons. The fourth-order valence-electron chi connectivity index (χ4n) is 1.74. The molecule has 0 bridgehead atoms. The standard InChI is InChI=1S/C15H21NO4/c1-10(2)12-5-4-6-13(8-12)20-9-14(17)16-11(3)7-15(18)19/h4-6,8,10-11H,7,9H2,1-3H3,(H,16,17)(H,18,19). The third-order valence-corrected chi connectivity index (χ3v) is 2.78. The summed E-state index contributed by atoms with van der Waals surface area (Å²) in [5.41, 5.74) is 1.14. The first kappa shape index (κ1) is 16.0. The maximum absolute atomic E-state index is 11.6. The highest BCUT2D eigenvalue weighted by molar-refractivity contribution is 5.78. The Morgan fingerprint density at radius 3 is 2.60 bits per heavy atom. The monoisotopic (exact) mass is 279 g/mol. The second-order valence-corrected chi connectivity index (χ2v) is 5.08. The van der Waals surface area contributed by atoms with E-state index in [1.165, 1.54) is 0 Å². The number of nitrogens with one attached hydrogen (secondary N) is 1. The Morgan fingerprint density at radius 1 is 1.30 bits per heavy atom. The highest BCUT2D eigenvalue weighted by atomic mass is 16.5. The van der Waals surface area contributed by atoms with Crippen molar-refractivity contribution in [2.45, 2.75) is 39.2 Å². The predicted octanol–water partition coefficient (Wildman–Crippen LogP) is 2.17. The van der Waals surface area contributed by atoms with E-state index >= 15 is 0 Å². The van der Waals surface area contributed by atoms with E-state index in [0.29, 0.717) is 11.7 Å². The summed E-state index contributed by atoms with van der Waals surface area (Å²) in [7, 11) is 0. The molecule has 0 saturated carbocycles. The molecule has 2 N–H and O–H groups in total. The van der Waals surface area contributed by atoms with Gasteiger partial charge in [0.15, 0.2) is 6.61 Å². The molecule has 1 atom stereocenters. The van der Waals surface area contributed by atoms with E-state index < -0.39 is 12.0 Å². The third-order valence-electron chi connectivity index (χ3n) is 2.78. The smallest absolute Gasteiger partial charge is 0.305 e. The van der Waals surface area contributed by atoms with Crippen LogP contribution in [-0.2, 0) is 9.59 Å². The number of ether oxygens (including phenoxy) is 1. The van der Waals surface area contributed by atoms with Crippen molar-refractivity contribution >= 4 is 11.9 Å². The number of aliphatic carboxylic acids is 1. The number of carboxylic acid groups (broad SMARTS) is 1. The molecule has 0 spiro atoms. The lowest BCUT2D eigenvalue weighted by Gasteiger charge is -2.13. The van der Waals surface area contributed by atoms with Crippen LogP contribution in [0.5, 0.6) is 5.75 Å². The molecular weight excluding hydrogens is 258 g/mol. The average Bonchev–Trinajstić information content (AvgIpc) is 2.35. The fraction of sp³-hybridized carbons (Fsp3) is 0.467. The minimum atomic E-state index is -0.941. The van der Waals surface area contributed by atoms with Gasteiger partial charge in [0.2, 0.25) is 0 Å². The number of amides is 1. The van der Waals surface area contributed by atoms with E-state index in [-0.39, 0.29) is 18.9 Å². The van der Waals surface area contributed by atoms with E-state index in [1.54, 1.807) is 13.0 Å². The van der Waals surface area contributed by atoms with Crippen molar-refractivity contribution < 1.29 is 19.4 Å². The lowest BCUT2D eigenvalue weighted by atomic mass is 10.0. The van der Waals surface area contributed by atoms with Gasteiger partial charge in [0, 0.05) is 6.04 Å². The zero-order valence-corrected chi connectivity index (χ0v) is 12.1. The minimum Gasteiger partial charge on any atom is -0.484 e. The largest absolute Gasteiger partial charge is 0.484 e. The first-order chi connectivity index (χ1) is 9.38. The van der Waals surface area contributed by atoms with Crippen LogP contribution in [0.4, 0.5) is 0 Å². The molecule has 0 aliphatic heterocycles. The van der Waals surface area contributed by atoms with E-state index in [1.807, 2.05) is 18.2 Å². The molecule has 5 nitrogen and oxygen atoms in total. The molecular formula is C15H21NO4. The predicted molar refractivity (Wildman–Crippen MR) is 75.9 cm³/mol. The molecule has 0 fully saturated rings. The Balaban J connectivity index is 2.44. The fourth-order valence-corrected chi connectivity index (χ4v) is 1.74. The summed E-state index contributed by atoms with van der Waals surface area (Å²) in [4.78, 5) is 22.1. The quantitative estimate of drug-likeness (QED) is 0.802. The van der Waals surface area contributed by atoms with Gasteiger partial charge in [0.25, 0.3) is 5.91 Å². The van der Waals surface area contributed by atoms with Gasteiger partial charge in [-0.1, -0.05) is 26.0 Å². The summed E-state index contributed by atoms with van der Waals surface area (Å²) >= 11 is 0. The number of carbonyl (C=O) groups is 2. The van der Waals surface area contributed by atoms with Crippen LogP contribution in [0.1, 0.15) is 38.7 Å². The molecule has 1 unspecified atom stereocenters. The van der Waals surface area contributed by atoms with Gasteiger partial charge in [0.05, 0.1) is 6.42 Å². The molecule has 5 heteroatoms. The minimum absolute atomic E-state index is 0.103. The van der Waals surface area contributed by atoms with E-state index in [9.17, 15) is 9.59 Å². The summed E-state index contributed by atoms with van der Waals surface area (Å²) in [6.45, 7) is 5.69. The second-order valence-electron chi connectivity index (χ2n) is 5.08. The Hall–Kier alpha value is -2.04. The van der Waals surface area contributed by atoms with Crippen LogP contribution >= 0.6 is 0 Å². The summed E-state index contributed by atoms with van der Waals surface area (Å²) in [5.74, 6) is -0.239. The van der Waals surface area contributed by atoms with E-state index in [4.69, 9.17) is 9.84 Å². The summed E-state index contributed by atoms with van der Waals surface area (Å²) in [6.07, 6.45) is -0.103. The topological polar surface area (TPSA) is 75.6 Å². The normalized spacial score (nSPS) is 12.0. The van der Waals surface area contributed by atoms with E-state index in [0.717, 1.165) is 5.56 Å². The molecule has 1 aromatic rings. The number of rotatable bonds is 7. The van der Waals surface area contributed by atoms with Gasteiger partial charge in [-0.2, -0.15) is 0 Å². The third kappa shape index (κ3) is 5.73. The van der Waals surface area contributed by atoms with Gasteiger partial charge in [0.1, 0.15) is 5.75 Å². The van der Waals surface area contributed by atoms with Crippen LogP contribution in [0.15, 0.2) is 24.3 Å². The SMILES string of the molecule is CC(CC(=O)O)NC(=O)COc1cccc(C(C)C)c1. The number of benzene rings is 1. The summed E-state index contributed by atoms with van der Waals surface area (Å²) in [5, 5.41) is 11.2. The Labute approximate surface area is 118 Å². The van der Waals surface area contributed by atoms with Crippen molar-refractivity contribution in [1.82, 2.24) is 5.32 Å². The molecule has 1 aromatic carbocycles. The van der Waals surface area contributed by atoms with Crippen molar-refractivity contribution in [3.63, 3.8) is 0 Å². The number of carbonyl (C=O) groups excluding carboxylic acids is 1. The molecule has 110 valence electrons. The van der Waals surface area contributed by atoms with Crippen LogP contribution in [0, 0.1) is 0 Å². The Morgan fingerprint density at radius 2 is 2.00 bits per heavy atom. The molecule has 0 saturated heterocycles. The molecule has 0 aliphatic rings. The van der Waals surface area contributed by atoms with Gasteiger partial charge in [-0.15, -0.1) is 0 Å². The second kappa shape index (κ2) is 7.53. The molecule has 20 heavy (non-hydrogen) atoms. The van der Waals surface area contributed by atoms with Crippen molar-refractivity contribution in [2.75, 3.05) is 6.61 Å². The van der Waals surface area contributed by atoms with Gasteiger partial charge in [-0.25, -0.2) is 0 Å². The Bertz CT molecular complexity index is 471. The van der Waals surface area contributed by atoms with E-state index in [2.05, 4.69) is 19.2 Å². The molecule has 0 aromatic heterocycles. The average molecular weight is 279 g/mol. The van der Waals surface area contributed by atoms with Crippen molar-refractivity contribution in [3.8, 4) is 5.75 Å². The zero-order valence-electron chi connectivity index (χ0n) is 12.1. The molecule has 1 amide bonds. The van der Waals surface area contributed by atoms with Gasteiger partial charge in [-0.05, 0) is 30.5 Å². The summed E-state index contributed by atoms with van der Waals surface area (Å²) in [6, 6.07) is 7.17. The first-order valence-corrected chi connectivity index (χ1v) is 6.62.